The molecule has 2 aromatic rings. The van der Waals surface area contributed by atoms with E-state index in [0.29, 0.717) is 5.56 Å². The highest BCUT2D eigenvalue weighted by atomic mass is 19.1. The molecule has 1 aliphatic rings. The summed E-state index contributed by atoms with van der Waals surface area (Å²) in [4.78, 5) is 14.8. The van der Waals surface area contributed by atoms with E-state index in [9.17, 15) is 9.65 Å². The largest absolute Gasteiger partial charge is 0.368 e. The van der Waals surface area contributed by atoms with Gasteiger partial charge in [0.2, 0.25) is 0 Å². The van der Waals surface area contributed by atoms with E-state index in [0.717, 1.165) is 36.8 Å². The smallest absolute Gasteiger partial charge is 0.134 e. The van der Waals surface area contributed by atoms with E-state index in [4.69, 9.17) is 0 Å². The number of benzene rings is 1. The molecule has 1 unspecified atom stereocenters. The Morgan fingerprint density at radius 3 is 2.68 bits per heavy atom. The van der Waals surface area contributed by atoms with Crippen LogP contribution in [0.3, 0.4) is 0 Å². The van der Waals surface area contributed by atoms with Gasteiger partial charge in [-0.25, -0.2) is 14.4 Å². The molecule has 0 aliphatic carbocycles. The minimum absolute atomic E-state index is 0.265. The van der Waals surface area contributed by atoms with Crippen molar-refractivity contribution < 1.29 is 4.39 Å². The number of nitriles is 1. The van der Waals surface area contributed by atoms with Crippen LogP contribution in [0.5, 0.6) is 0 Å². The Morgan fingerprint density at radius 1 is 1.20 bits per heavy atom. The second kappa shape index (κ2) is 6.93. The molecule has 1 saturated heterocycles. The zero-order chi connectivity index (χ0) is 18.0. The molecule has 1 aromatic carbocycles. The van der Waals surface area contributed by atoms with Crippen molar-refractivity contribution in [3.63, 3.8) is 0 Å². The summed E-state index contributed by atoms with van der Waals surface area (Å²) in [6.45, 7) is 1.58. The lowest BCUT2D eigenvalue weighted by Crippen LogP contribution is -2.35. The highest BCUT2D eigenvalue weighted by Gasteiger charge is 2.28. The van der Waals surface area contributed by atoms with Gasteiger partial charge >= 0.3 is 0 Å². The molecule has 0 spiro atoms. The highest BCUT2D eigenvalue weighted by Crippen LogP contribution is 2.28. The first-order chi connectivity index (χ1) is 12.0. The minimum Gasteiger partial charge on any atom is -0.368 e. The Balaban J connectivity index is 1.77. The third-order valence-corrected chi connectivity index (χ3v) is 4.59. The summed E-state index contributed by atoms with van der Waals surface area (Å²) in [5.74, 6) is 1.34. The van der Waals surface area contributed by atoms with Gasteiger partial charge in [-0.15, -0.1) is 0 Å². The second-order valence-corrected chi connectivity index (χ2v) is 6.40. The lowest BCUT2D eigenvalue weighted by molar-refractivity contribution is 0.627. The maximum absolute atomic E-state index is 13.4. The predicted molar refractivity (Wildman–Crippen MR) is 96.5 cm³/mol. The molecule has 1 fully saturated rings. The summed E-state index contributed by atoms with van der Waals surface area (Å²) in [7, 11) is 5.91. The quantitative estimate of drug-likeness (QED) is 0.851. The molecule has 2 heterocycles. The van der Waals surface area contributed by atoms with Crippen LogP contribution >= 0.6 is 0 Å². The van der Waals surface area contributed by atoms with E-state index in [1.165, 1.54) is 12.1 Å². The van der Waals surface area contributed by atoms with Gasteiger partial charge in [-0.1, -0.05) is 0 Å². The summed E-state index contributed by atoms with van der Waals surface area (Å²) in [6.07, 6.45) is 2.52. The fraction of sp³-hybridized carbons (Fsp3) is 0.389. The first-order valence-electron chi connectivity index (χ1n) is 8.16. The lowest BCUT2D eigenvalue weighted by atomic mass is 10.1. The van der Waals surface area contributed by atoms with Gasteiger partial charge in [0.1, 0.15) is 29.8 Å². The van der Waals surface area contributed by atoms with Gasteiger partial charge in [0.15, 0.2) is 0 Å². The molecule has 0 saturated carbocycles. The van der Waals surface area contributed by atoms with Crippen LogP contribution in [0, 0.1) is 17.1 Å². The average Bonchev–Trinajstić information content (AvgIpc) is 3.10. The third-order valence-electron chi connectivity index (χ3n) is 4.59. The Bertz CT molecular complexity index is 800. The van der Waals surface area contributed by atoms with Crippen LogP contribution < -0.4 is 14.7 Å². The molecule has 1 aromatic heterocycles. The minimum atomic E-state index is -0.384. The third kappa shape index (κ3) is 3.48. The summed E-state index contributed by atoms with van der Waals surface area (Å²) < 4.78 is 13.4. The van der Waals surface area contributed by atoms with E-state index in [-0.39, 0.29) is 11.9 Å². The predicted octanol–water partition coefficient (Wildman–Crippen LogP) is 2.27. The monoisotopic (exact) mass is 340 g/mol. The zero-order valence-corrected chi connectivity index (χ0v) is 14.6. The van der Waals surface area contributed by atoms with Gasteiger partial charge in [-0.3, -0.25) is 0 Å². The number of anilines is 3. The van der Waals surface area contributed by atoms with E-state index in [1.54, 1.807) is 12.4 Å². The Hall–Kier alpha value is -2.88. The fourth-order valence-corrected chi connectivity index (χ4v) is 3.11. The van der Waals surface area contributed by atoms with E-state index >= 15 is 0 Å². The maximum atomic E-state index is 13.4. The summed E-state index contributed by atoms with van der Waals surface area (Å²) in [6, 6.07) is 8.69. The van der Waals surface area contributed by atoms with Crippen molar-refractivity contribution in [1.82, 2.24) is 9.97 Å². The van der Waals surface area contributed by atoms with Gasteiger partial charge in [-0.2, -0.15) is 5.26 Å². The van der Waals surface area contributed by atoms with Gasteiger partial charge in [0.05, 0.1) is 11.3 Å². The fourth-order valence-electron chi connectivity index (χ4n) is 3.11. The van der Waals surface area contributed by atoms with Crippen molar-refractivity contribution in [2.45, 2.75) is 12.5 Å². The molecular formula is C18H21FN6. The Morgan fingerprint density at radius 2 is 1.96 bits per heavy atom. The van der Waals surface area contributed by atoms with E-state index in [1.807, 2.05) is 32.1 Å². The van der Waals surface area contributed by atoms with Crippen LogP contribution in [0.15, 0.2) is 30.6 Å². The second-order valence-electron chi connectivity index (χ2n) is 6.40. The first kappa shape index (κ1) is 17.0. The topological polar surface area (TPSA) is 59.3 Å². The number of likely N-dealkylation sites (N-methyl/N-ethyl adjacent to an activating group) is 1. The van der Waals surface area contributed by atoms with Crippen molar-refractivity contribution in [3.8, 4) is 6.07 Å². The molecule has 1 aliphatic heterocycles. The number of nitrogens with zero attached hydrogens (tertiary/aromatic N) is 6. The van der Waals surface area contributed by atoms with Crippen LogP contribution in [-0.4, -0.2) is 50.2 Å². The molecular weight excluding hydrogens is 319 g/mol. The van der Waals surface area contributed by atoms with Gasteiger partial charge in [-0.05, 0) is 24.6 Å². The first-order valence-corrected chi connectivity index (χ1v) is 8.16. The molecule has 6 nitrogen and oxygen atoms in total. The molecule has 3 rings (SSSR count). The van der Waals surface area contributed by atoms with Crippen molar-refractivity contribution >= 4 is 17.3 Å². The SMILES string of the molecule is CN(C)c1cc(N(C)C2CCN(c3ccc(F)cc3C#N)C2)ncn1. The number of hydrogen-bond donors (Lipinski definition) is 0. The average molecular weight is 340 g/mol. The molecule has 1 atom stereocenters. The summed E-state index contributed by atoms with van der Waals surface area (Å²) >= 11 is 0. The van der Waals surface area contributed by atoms with Crippen LogP contribution in [-0.2, 0) is 0 Å². The van der Waals surface area contributed by atoms with Gasteiger partial charge in [0.25, 0.3) is 0 Å². The molecule has 25 heavy (non-hydrogen) atoms. The number of aromatic nitrogens is 2. The van der Waals surface area contributed by atoms with Crippen molar-refractivity contribution in [3.05, 3.63) is 42.0 Å². The molecule has 7 heteroatoms. The number of rotatable bonds is 4. The Labute approximate surface area is 147 Å². The van der Waals surface area contributed by atoms with E-state index in [2.05, 4.69) is 25.8 Å². The normalized spacial score (nSPS) is 16.6. The maximum Gasteiger partial charge on any atom is 0.134 e. The van der Waals surface area contributed by atoms with Crippen LogP contribution in [0.1, 0.15) is 12.0 Å². The number of hydrogen-bond acceptors (Lipinski definition) is 6. The highest BCUT2D eigenvalue weighted by molar-refractivity contribution is 5.61. The molecule has 0 N–H and O–H groups in total. The summed E-state index contributed by atoms with van der Waals surface area (Å²) in [5, 5.41) is 9.26. The van der Waals surface area contributed by atoms with Crippen molar-refractivity contribution in [1.29, 1.82) is 5.26 Å². The van der Waals surface area contributed by atoms with Crippen molar-refractivity contribution in [2.24, 2.45) is 0 Å². The lowest BCUT2D eigenvalue weighted by Gasteiger charge is -2.27. The zero-order valence-electron chi connectivity index (χ0n) is 14.6. The van der Waals surface area contributed by atoms with E-state index < -0.39 is 0 Å². The van der Waals surface area contributed by atoms with Crippen LogP contribution in [0.25, 0.3) is 0 Å². The number of halogens is 1. The van der Waals surface area contributed by atoms with Crippen LogP contribution in [0.4, 0.5) is 21.7 Å². The van der Waals surface area contributed by atoms with Crippen LogP contribution in [0.2, 0.25) is 0 Å². The molecule has 0 bridgehead atoms. The molecule has 0 radical (unpaired) electrons. The summed E-state index contributed by atoms with van der Waals surface area (Å²) in [5.41, 5.74) is 1.16. The van der Waals surface area contributed by atoms with Crippen molar-refractivity contribution in [2.75, 3.05) is 48.9 Å². The Kier molecular flexibility index (Phi) is 4.70. The standard InChI is InChI=1S/C18H21FN6/c1-23(2)17-9-18(22-12-21-17)24(3)15-6-7-25(11-15)16-5-4-14(19)8-13(16)10-20/h4-5,8-9,12,15H,6-7,11H2,1-3H3. The molecule has 0 amide bonds. The van der Waals surface area contributed by atoms with Gasteiger partial charge < -0.3 is 14.7 Å². The molecule has 130 valence electrons. The van der Waals surface area contributed by atoms with Gasteiger partial charge in [0, 0.05) is 46.3 Å².